The van der Waals surface area contributed by atoms with E-state index in [1.165, 1.54) is 13.5 Å². The number of carbonyl (C=O) groups excluding carboxylic acids is 1. The zero-order valence-corrected chi connectivity index (χ0v) is 13.3. The van der Waals surface area contributed by atoms with Gasteiger partial charge in [-0.05, 0) is 48.8 Å². The Balaban J connectivity index is 2.17. The van der Waals surface area contributed by atoms with E-state index in [9.17, 15) is 4.79 Å². The normalized spacial score (nSPS) is 24.4. The highest BCUT2D eigenvalue weighted by atomic mass is 16.5. The van der Waals surface area contributed by atoms with Gasteiger partial charge in [0.15, 0.2) is 0 Å². The molecule has 1 saturated carbocycles. The van der Waals surface area contributed by atoms with E-state index in [0.29, 0.717) is 22.9 Å². The topological polar surface area (TPSA) is 61.5 Å². The molecule has 0 saturated heterocycles. The predicted molar refractivity (Wildman–Crippen MR) is 83.4 cm³/mol. The SMILES string of the molecule is COC(=O)c1ccc(N)c(OC2CC(C)CC(C)(C)C2)c1. The Labute approximate surface area is 126 Å². The first-order valence-electron chi connectivity index (χ1n) is 7.45. The molecule has 0 aromatic heterocycles. The zero-order valence-electron chi connectivity index (χ0n) is 13.3. The minimum absolute atomic E-state index is 0.138. The molecule has 1 aromatic carbocycles. The van der Waals surface area contributed by atoms with Crippen LogP contribution in [0.4, 0.5) is 5.69 Å². The van der Waals surface area contributed by atoms with Crippen LogP contribution in [-0.2, 0) is 4.74 Å². The number of nitrogens with two attached hydrogens (primary N) is 1. The van der Waals surface area contributed by atoms with Crippen LogP contribution in [0.15, 0.2) is 18.2 Å². The summed E-state index contributed by atoms with van der Waals surface area (Å²) in [6.45, 7) is 6.80. The number of benzene rings is 1. The molecule has 116 valence electrons. The zero-order chi connectivity index (χ0) is 15.6. The van der Waals surface area contributed by atoms with Crippen molar-refractivity contribution in [1.82, 2.24) is 0 Å². The Kier molecular flexibility index (Phi) is 4.45. The molecule has 4 nitrogen and oxygen atoms in total. The van der Waals surface area contributed by atoms with Crippen molar-refractivity contribution in [3.63, 3.8) is 0 Å². The van der Waals surface area contributed by atoms with Gasteiger partial charge in [-0.3, -0.25) is 0 Å². The third-order valence-corrected chi connectivity index (χ3v) is 4.07. The maximum atomic E-state index is 11.6. The Hall–Kier alpha value is -1.71. The van der Waals surface area contributed by atoms with Crippen LogP contribution in [0.1, 0.15) is 50.4 Å². The molecule has 0 amide bonds. The average Bonchev–Trinajstić information content (AvgIpc) is 2.38. The van der Waals surface area contributed by atoms with Crippen molar-refractivity contribution in [3.8, 4) is 5.75 Å². The lowest BCUT2D eigenvalue weighted by molar-refractivity contribution is 0.0552. The van der Waals surface area contributed by atoms with Crippen molar-refractivity contribution in [2.45, 2.75) is 46.1 Å². The lowest BCUT2D eigenvalue weighted by Gasteiger charge is -2.39. The van der Waals surface area contributed by atoms with E-state index in [1.54, 1.807) is 18.2 Å². The Morgan fingerprint density at radius 1 is 1.33 bits per heavy atom. The molecule has 4 heteroatoms. The molecule has 2 unspecified atom stereocenters. The number of esters is 1. The minimum atomic E-state index is -0.378. The van der Waals surface area contributed by atoms with E-state index in [2.05, 4.69) is 20.8 Å². The second-order valence-corrected chi connectivity index (χ2v) is 6.90. The fourth-order valence-corrected chi connectivity index (χ4v) is 3.41. The van der Waals surface area contributed by atoms with Crippen LogP contribution in [0.3, 0.4) is 0 Å². The van der Waals surface area contributed by atoms with Gasteiger partial charge in [-0.25, -0.2) is 4.79 Å². The van der Waals surface area contributed by atoms with Crippen molar-refractivity contribution in [1.29, 1.82) is 0 Å². The number of rotatable bonds is 3. The fourth-order valence-electron chi connectivity index (χ4n) is 3.41. The van der Waals surface area contributed by atoms with Crippen molar-refractivity contribution in [2.24, 2.45) is 11.3 Å². The molecular formula is C17H25NO3. The summed E-state index contributed by atoms with van der Waals surface area (Å²) in [5.41, 5.74) is 7.27. The third-order valence-electron chi connectivity index (χ3n) is 4.07. The van der Waals surface area contributed by atoms with Gasteiger partial charge in [-0.1, -0.05) is 20.8 Å². The summed E-state index contributed by atoms with van der Waals surface area (Å²) >= 11 is 0. The molecule has 0 radical (unpaired) electrons. The van der Waals surface area contributed by atoms with Gasteiger partial charge in [0.05, 0.1) is 24.5 Å². The molecular weight excluding hydrogens is 266 g/mol. The maximum absolute atomic E-state index is 11.6. The number of anilines is 1. The van der Waals surface area contributed by atoms with Gasteiger partial charge in [0, 0.05) is 0 Å². The number of ether oxygens (including phenoxy) is 2. The minimum Gasteiger partial charge on any atom is -0.488 e. The van der Waals surface area contributed by atoms with Gasteiger partial charge in [-0.15, -0.1) is 0 Å². The Morgan fingerprint density at radius 3 is 2.67 bits per heavy atom. The van der Waals surface area contributed by atoms with E-state index >= 15 is 0 Å². The maximum Gasteiger partial charge on any atom is 0.337 e. The highest BCUT2D eigenvalue weighted by molar-refractivity contribution is 5.90. The lowest BCUT2D eigenvalue weighted by atomic mass is 9.71. The van der Waals surface area contributed by atoms with Gasteiger partial charge in [0.25, 0.3) is 0 Å². The smallest absolute Gasteiger partial charge is 0.337 e. The largest absolute Gasteiger partial charge is 0.488 e. The molecule has 0 heterocycles. The van der Waals surface area contributed by atoms with Crippen molar-refractivity contribution in [2.75, 3.05) is 12.8 Å². The fraction of sp³-hybridized carbons (Fsp3) is 0.588. The third kappa shape index (κ3) is 3.90. The Bertz CT molecular complexity index is 525. The predicted octanol–water partition coefficient (Wildman–Crippen LogP) is 3.65. The lowest BCUT2D eigenvalue weighted by Crippen LogP contribution is -2.34. The highest BCUT2D eigenvalue weighted by Gasteiger charge is 2.33. The van der Waals surface area contributed by atoms with Crippen LogP contribution >= 0.6 is 0 Å². The summed E-state index contributed by atoms with van der Waals surface area (Å²) in [7, 11) is 1.37. The van der Waals surface area contributed by atoms with Crippen LogP contribution in [-0.4, -0.2) is 19.2 Å². The first kappa shape index (κ1) is 15.7. The first-order chi connectivity index (χ1) is 9.80. The summed E-state index contributed by atoms with van der Waals surface area (Å²) in [5.74, 6) is 0.828. The average molecular weight is 291 g/mol. The van der Waals surface area contributed by atoms with Crippen LogP contribution < -0.4 is 10.5 Å². The molecule has 1 aliphatic carbocycles. The molecule has 0 bridgehead atoms. The quantitative estimate of drug-likeness (QED) is 0.682. The van der Waals surface area contributed by atoms with E-state index in [-0.39, 0.29) is 17.5 Å². The number of hydrogen-bond donors (Lipinski definition) is 1. The summed E-state index contributed by atoms with van der Waals surface area (Å²) in [6, 6.07) is 5.02. The second-order valence-electron chi connectivity index (χ2n) is 6.90. The standard InChI is InChI=1S/C17H25NO3/c1-11-7-13(10-17(2,3)9-11)21-15-8-12(16(19)20-4)5-6-14(15)18/h5-6,8,11,13H,7,9-10,18H2,1-4H3. The number of hydrogen-bond acceptors (Lipinski definition) is 4. The van der Waals surface area contributed by atoms with E-state index < -0.39 is 0 Å². The van der Waals surface area contributed by atoms with E-state index in [4.69, 9.17) is 15.2 Å². The van der Waals surface area contributed by atoms with Crippen LogP contribution in [0.5, 0.6) is 5.75 Å². The van der Waals surface area contributed by atoms with Crippen molar-refractivity contribution >= 4 is 11.7 Å². The summed E-state index contributed by atoms with van der Waals surface area (Å²) in [5, 5.41) is 0. The highest BCUT2D eigenvalue weighted by Crippen LogP contribution is 2.40. The molecule has 2 rings (SSSR count). The van der Waals surface area contributed by atoms with Crippen LogP contribution in [0.25, 0.3) is 0 Å². The second kappa shape index (κ2) is 5.96. The molecule has 1 aliphatic rings. The number of carbonyl (C=O) groups is 1. The molecule has 0 spiro atoms. The first-order valence-corrected chi connectivity index (χ1v) is 7.45. The molecule has 1 fully saturated rings. The van der Waals surface area contributed by atoms with E-state index in [1.807, 2.05) is 0 Å². The summed E-state index contributed by atoms with van der Waals surface area (Å²) in [6.07, 6.45) is 3.37. The summed E-state index contributed by atoms with van der Waals surface area (Å²) in [4.78, 5) is 11.6. The number of nitrogen functional groups attached to an aromatic ring is 1. The van der Waals surface area contributed by atoms with Crippen LogP contribution in [0, 0.1) is 11.3 Å². The summed E-state index contributed by atoms with van der Waals surface area (Å²) < 4.78 is 10.8. The van der Waals surface area contributed by atoms with Crippen LogP contribution in [0.2, 0.25) is 0 Å². The van der Waals surface area contributed by atoms with Gasteiger partial charge < -0.3 is 15.2 Å². The van der Waals surface area contributed by atoms with Crippen molar-refractivity contribution < 1.29 is 14.3 Å². The van der Waals surface area contributed by atoms with Crippen molar-refractivity contribution in [3.05, 3.63) is 23.8 Å². The van der Waals surface area contributed by atoms with E-state index in [0.717, 1.165) is 12.8 Å². The van der Waals surface area contributed by atoms with Gasteiger partial charge in [0.1, 0.15) is 5.75 Å². The molecule has 2 atom stereocenters. The van der Waals surface area contributed by atoms with Gasteiger partial charge >= 0.3 is 5.97 Å². The monoisotopic (exact) mass is 291 g/mol. The van der Waals surface area contributed by atoms with Gasteiger partial charge in [-0.2, -0.15) is 0 Å². The molecule has 21 heavy (non-hydrogen) atoms. The Morgan fingerprint density at radius 2 is 2.05 bits per heavy atom. The molecule has 2 N–H and O–H groups in total. The molecule has 1 aromatic rings. The number of methoxy groups -OCH3 is 1. The molecule has 0 aliphatic heterocycles. The van der Waals surface area contributed by atoms with Gasteiger partial charge in [0.2, 0.25) is 0 Å².